The van der Waals surface area contributed by atoms with Crippen LogP contribution in [0.15, 0.2) is 74.6 Å². The summed E-state index contributed by atoms with van der Waals surface area (Å²) in [5.41, 5.74) is 3.47. The number of halogens is 1. The quantitative estimate of drug-likeness (QED) is 0.415. The second-order valence-electron chi connectivity index (χ2n) is 6.16. The predicted octanol–water partition coefficient (Wildman–Crippen LogP) is 5.05. The fraction of sp³-hybridized carbons (Fsp3) is 0.143. The maximum atomic E-state index is 10.1. The third-order valence-corrected chi connectivity index (χ3v) is 5.20. The van der Waals surface area contributed by atoms with Crippen molar-refractivity contribution >= 4 is 33.5 Å². The fourth-order valence-corrected chi connectivity index (χ4v) is 3.65. The molecule has 0 aliphatic rings. The highest BCUT2D eigenvalue weighted by Crippen LogP contribution is 2.24. The summed E-state index contributed by atoms with van der Waals surface area (Å²) in [6, 6.07) is 13.0. The number of aromatic nitrogens is 1. The van der Waals surface area contributed by atoms with E-state index >= 15 is 0 Å². The number of nitrogens with zero attached hydrogens (tertiary/aromatic N) is 3. The zero-order chi connectivity index (χ0) is 20.1. The number of aromatic hydroxyl groups is 1. The molecule has 0 saturated carbocycles. The van der Waals surface area contributed by atoms with Crippen molar-refractivity contribution in [2.24, 2.45) is 10.1 Å². The number of phenolic OH excluding ortho intramolecular Hbond substituents is 1. The van der Waals surface area contributed by atoms with Gasteiger partial charge in [0.2, 0.25) is 4.80 Å². The molecule has 0 saturated heterocycles. The van der Waals surface area contributed by atoms with Crippen molar-refractivity contribution in [3.05, 3.63) is 74.8 Å². The second-order valence-corrected chi connectivity index (χ2v) is 7.92. The lowest BCUT2D eigenvalue weighted by molar-refractivity contribution is 0.415. The van der Waals surface area contributed by atoms with Gasteiger partial charge in [0.1, 0.15) is 11.5 Å². The number of benzene rings is 2. The smallest absolute Gasteiger partial charge is 0.206 e. The topological polar surface area (TPSA) is 59.1 Å². The first kappa shape index (κ1) is 20.1. The van der Waals surface area contributed by atoms with E-state index in [-0.39, 0.29) is 5.75 Å². The number of thiazole rings is 1. The summed E-state index contributed by atoms with van der Waals surface area (Å²) in [6.45, 7) is 6.38. The third-order valence-electron chi connectivity index (χ3n) is 3.86. The van der Waals surface area contributed by atoms with E-state index in [2.05, 4.69) is 32.6 Å². The van der Waals surface area contributed by atoms with Gasteiger partial charge >= 0.3 is 0 Å². The Morgan fingerprint density at radius 2 is 2.04 bits per heavy atom. The minimum absolute atomic E-state index is 0.161. The number of rotatable bonds is 6. The molecule has 0 radical (unpaired) electrons. The Morgan fingerprint density at radius 1 is 1.29 bits per heavy atom. The monoisotopic (exact) mass is 457 g/mol. The molecule has 0 unspecified atom stereocenters. The molecule has 0 amide bonds. The average molecular weight is 458 g/mol. The van der Waals surface area contributed by atoms with Crippen LogP contribution in [0.2, 0.25) is 0 Å². The maximum absolute atomic E-state index is 10.1. The molecule has 0 atom stereocenters. The van der Waals surface area contributed by atoms with Gasteiger partial charge in [0, 0.05) is 21.0 Å². The highest BCUT2D eigenvalue weighted by atomic mass is 79.9. The molecule has 0 aliphatic heterocycles. The van der Waals surface area contributed by atoms with Crippen LogP contribution in [0, 0.1) is 0 Å². The van der Waals surface area contributed by atoms with Crippen LogP contribution in [0.3, 0.4) is 0 Å². The molecule has 28 heavy (non-hydrogen) atoms. The van der Waals surface area contributed by atoms with Crippen LogP contribution in [0.4, 0.5) is 0 Å². The van der Waals surface area contributed by atoms with Gasteiger partial charge < -0.3 is 9.84 Å². The van der Waals surface area contributed by atoms with Gasteiger partial charge in [0.05, 0.1) is 25.6 Å². The molecule has 5 nitrogen and oxygen atoms in total. The van der Waals surface area contributed by atoms with E-state index in [0.717, 1.165) is 31.9 Å². The van der Waals surface area contributed by atoms with E-state index in [1.807, 2.05) is 42.6 Å². The maximum Gasteiger partial charge on any atom is 0.206 e. The molecular weight excluding hydrogens is 438 g/mol. The highest BCUT2D eigenvalue weighted by molar-refractivity contribution is 9.10. The van der Waals surface area contributed by atoms with Gasteiger partial charge in [-0.3, -0.25) is 4.99 Å². The van der Waals surface area contributed by atoms with Crippen LogP contribution in [-0.2, 0) is 0 Å². The summed E-state index contributed by atoms with van der Waals surface area (Å²) in [7, 11) is 1.64. The lowest BCUT2D eigenvalue weighted by Crippen LogP contribution is -2.13. The van der Waals surface area contributed by atoms with Gasteiger partial charge in [-0.1, -0.05) is 28.1 Å². The van der Waals surface area contributed by atoms with Crippen LogP contribution >= 0.6 is 27.3 Å². The zero-order valence-electron chi connectivity index (χ0n) is 15.6. The van der Waals surface area contributed by atoms with E-state index in [1.54, 1.807) is 30.1 Å². The van der Waals surface area contributed by atoms with Gasteiger partial charge in [0.15, 0.2) is 0 Å². The van der Waals surface area contributed by atoms with Gasteiger partial charge in [-0.25, -0.2) is 4.68 Å². The molecule has 0 aliphatic carbocycles. The lowest BCUT2D eigenvalue weighted by Gasteiger charge is -2.06. The van der Waals surface area contributed by atoms with E-state index in [1.165, 1.54) is 11.3 Å². The van der Waals surface area contributed by atoms with E-state index in [9.17, 15) is 5.11 Å². The van der Waals surface area contributed by atoms with Crippen LogP contribution < -0.4 is 9.54 Å². The Kier molecular flexibility index (Phi) is 6.49. The molecule has 2 aromatic carbocycles. The number of hydrogen-bond donors (Lipinski definition) is 1. The van der Waals surface area contributed by atoms with E-state index < -0.39 is 0 Å². The predicted molar refractivity (Wildman–Crippen MR) is 118 cm³/mol. The largest absolute Gasteiger partial charge is 0.507 e. The first-order valence-corrected chi connectivity index (χ1v) is 10.2. The summed E-state index contributed by atoms with van der Waals surface area (Å²) < 4.78 is 7.88. The summed E-state index contributed by atoms with van der Waals surface area (Å²) in [5, 5.41) is 16.7. The third kappa shape index (κ3) is 4.79. The SMILES string of the molecule is C=C(C)CN=c1scc(-c2ccc(OC)cc2)n1N=Cc1cc(Br)ccc1O. The number of ether oxygens (including phenoxy) is 1. The van der Waals surface area contributed by atoms with E-state index in [0.29, 0.717) is 12.1 Å². The Labute approximate surface area is 176 Å². The van der Waals surface area contributed by atoms with Crippen molar-refractivity contribution in [1.82, 2.24) is 4.68 Å². The second kappa shape index (κ2) is 9.03. The Bertz CT molecular complexity index is 1080. The molecular formula is C21H20BrN3O2S. The molecule has 7 heteroatoms. The molecule has 1 N–H and O–H groups in total. The molecule has 144 valence electrons. The molecule has 3 rings (SSSR count). The van der Waals surface area contributed by atoms with Crippen molar-refractivity contribution in [2.75, 3.05) is 13.7 Å². The first-order valence-electron chi connectivity index (χ1n) is 8.50. The van der Waals surface area contributed by atoms with Crippen molar-refractivity contribution in [3.63, 3.8) is 0 Å². The standard InChI is InChI=1S/C21H20BrN3O2S/c1-14(2)11-23-21-25(24-12-16-10-17(22)6-9-20(16)26)19(13-28-21)15-4-7-18(27-3)8-5-15/h4-10,12-13,26H,1,11H2,2-3H3. The van der Waals surface area contributed by atoms with Crippen molar-refractivity contribution in [1.29, 1.82) is 0 Å². The summed E-state index contributed by atoms with van der Waals surface area (Å²) in [6.07, 6.45) is 1.62. The van der Waals surface area contributed by atoms with Crippen LogP contribution in [0.5, 0.6) is 11.5 Å². The molecule has 1 aromatic heterocycles. The molecule has 0 bridgehead atoms. The Morgan fingerprint density at radius 3 is 2.71 bits per heavy atom. The lowest BCUT2D eigenvalue weighted by atomic mass is 10.2. The first-order chi connectivity index (χ1) is 13.5. The molecule has 0 spiro atoms. The minimum atomic E-state index is 0.161. The highest BCUT2D eigenvalue weighted by Gasteiger charge is 2.08. The average Bonchev–Trinajstić information content (AvgIpc) is 3.10. The summed E-state index contributed by atoms with van der Waals surface area (Å²) in [5.74, 6) is 0.953. The molecule has 1 heterocycles. The van der Waals surface area contributed by atoms with Crippen molar-refractivity contribution < 1.29 is 9.84 Å². The zero-order valence-corrected chi connectivity index (χ0v) is 18.0. The van der Waals surface area contributed by atoms with Crippen LogP contribution in [0.1, 0.15) is 12.5 Å². The van der Waals surface area contributed by atoms with Gasteiger partial charge in [0.25, 0.3) is 0 Å². The Hall–Kier alpha value is -2.64. The Balaban J connectivity index is 2.08. The van der Waals surface area contributed by atoms with E-state index in [4.69, 9.17) is 4.74 Å². The van der Waals surface area contributed by atoms with Crippen LogP contribution in [0.25, 0.3) is 11.3 Å². The van der Waals surface area contributed by atoms with Gasteiger partial charge in [-0.15, -0.1) is 11.3 Å². The fourth-order valence-electron chi connectivity index (χ4n) is 2.43. The number of methoxy groups -OCH3 is 1. The normalized spacial score (nSPS) is 11.9. The van der Waals surface area contributed by atoms with Crippen LogP contribution in [-0.4, -0.2) is 29.7 Å². The van der Waals surface area contributed by atoms with Crippen molar-refractivity contribution in [2.45, 2.75) is 6.92 Å². The number of hydrogen-bond acceptors (Lipinski definition) is 5. The molecule has 3 aromatic rings. The number of phenols is 1. The van der Waals surface area contributed by atoms with Gasteiger partial charge in [-0.2, -0.15) is 5.10 Å². The van der Waals surface area contributed by atoms with Gasteiger partial charge in [-0.05, 0) is 49.4 Å². The summed E-state index contributed by atoms with van der Waals surface area (Å²) >= 11 is 4.92. The summed E-state index contributed by atoms with van der Waals surface area (Å²) in [4.78, 5) is 5.36. The minimum Gasteiger partial charge on any atom is -0.507 e. The van der Waals surface area contributed by atoms with Crippen molar-refractivity contribution in [3.8, 4) is 22.8 Å². The molecule has 0 fully saturated rings.